The van der Waals surface area contributed by atoms with Gasteiger partial charge >= 0.3 is 0 Å². The van der Waals surface area contributed by atoms with E-state index in [1.54, 1.807) is 11.8 Å². The molecule has 0 bridgehead atoms. The van der Waals surface area contributed by atoms with Gasteiger partial charge in [0.2, 0.25) is 0 Å². The van der Waals surface area contributed by atoms with Crippen LogP contribution in [0.2, 0.25) is 0 Å². The first kappa shape index (κ1) is 13.1. The number of aliphatic hydroxyl groups is 1. The van der Waals surface area contributed by atoms with E-state index in [1.807, 2.05) is 24.3 Å². The van der Waals surface area contributed by atoms with Crippen molar-refractivity contribution in [1.29, 1.82) is 0 Å². The standard InChI is InChI=1S/C15H21NO2/c1-3-12-5-7-13(8-6-12)14(17)16-10-4-9-15(2,18)11-16/h5-8,18H,3-4,9-11H2,1-2H3. The van der Waals surface area contributed by atoms with Crippen molar-refractivity contribution in [2.45, 2.75) is 38.7 Å². The highest BCUT2D eigenvalue weighted by Gasteiger charge is 2.31. The summed E-state index contributed by atoms with van der Waals surface area (Å²) in [6.45, 7) is 5.07. The van der Waals surface area contributed by atoms with Crippen molar-refractivity contribution >= 4 is 5.91 Å². The molecule has 1 saturated heterocycles. The first-order chi connectivity index (χ1) is 8.52. The van der Waals surface area contributed by atoms with Gasteiger partial charge in [0.05, 0.1) is 5.60 Å². The minimum Gasteiger partial charge on any atom is -0.388 e. The van der Waals surface area contributed by atoms with Crippen molar-refractivity contribution in [3.63, 3.8) is 0 Å². The van der Waals surface area contributed by atoms with E-state index in [1.165, 1.54) is 5.56 Å². The topological polar surface area (TPSA) is 40.5 Å². The zero-order chi connectivity index (χ0) is 13.2. The summed E-state index contributed by atoms with van der Waals surface area (Å²) in [7, 11) is 0. The van der Waals surface area contributed by atoms with Crippen LogP contribution in [0.1, 0.15) is 42.6 Å². The fourth-order valence-corrected chi connectivity index (χ4v) is 2.46. The molecular weight excluding hydrogens is 226 g/mol. The minimum atomic E-state index is -0.739. The molecule has 3 heteroatoms. The molecular formula is C15H21NO2. The highest BCUT2D eigenvalue weighted by atomic mass is 16.3. The number of carbonyl (C=O) groups is 1. The predicted molar refractivity (Wildman–Crippen MR) is 71.6 cm³/mol. The van der Waals surface area contributed by atoms with Gasteiger partial charge < -0.3 is 10.0 Å². The van der Waals surface area contributed by atoms with Gasteiger partial charge in [-0.3, -0.25) is 4.79 Å². The van der Waals surface area contributed by atoms with Gasteiger partial charge in [-0.05, 0) is 43.9 Å². The summed E-state index contributed by atoms with van der Waals surface area (Å²) in [6.07, 6.45) is 2.62. The van der Waals surface area contributed by atoms with Crippen LogP contribution in [0.15, 0.2) is 24.3 Å². The van der Waals surface area contributed by atoms with Gasteiger partial charge in [-0.2, -0.15) is 0 Å². The number of piperidine rings is 1. The maximum atomic E-state index is 12.3. The molecule has 1 fully saturated rings. The average Bonchev–Trinajstić information content (AvgIpc) is 2.37. The van der Waals surface area contributed by atoms with Crippen LogP contribution < -0.4 is 0 Å². The van der Waals surface area contributed by atoms with Crippen LogP contribution in [-0.4, -0.2) is 34.6 Å². The van der Waals surface area contributed by atoms with E-state index >= 15 is 0 Å². The monoisotopic (exact) mass is 247 g/mol. The molecule has 1 aromatic carbocycles. The third-order valence-electron chi connectivity index (χ3n) is 3.57. The number of carbonyl (C=O) groups excluding carboxylic acids is 1. The average molecular weight is 247 g/mol. The van der Waals surface area contributed by atoms with Crippen LogP contribution in [0.3, 0.4) is 0 Å². The van der Waals surface area contributed by atoms with Gasteiger partial charge in [0, 0.05) is 18.7 Å². The molecule has 1 aliphatic rings. The Labute approximate surface area is 108 Å². The lowest BCUT2D eigenvalue weighted by molar-refractivity contribution is -0.0107. The molecule has 1 N–H and O–H groups in total. The molecule has 1 heterocycles. The molecule has 18 heavy (non-hydrogen) atoms. The second-order valence-electron chi connectivity index (χ2n) is 5.38. The van der Waals surface area contributed by atoms with Crippen LogP contribution in [-0.2, 0) is 6.42 Å². The van der Waals surface area contributed by atoms with Crippen molar-refractivity contribution in [2.24, 2.45) is 0 Å². The van der Waals surface area contributed by atoms with Crippen molar-refractivity contribution in [3.8, 4) is 0 Å². The molecule has 1 aromatic rings. The quantitative estimate of drug-likeness (QED) is 0.870. The lowest BCUT2D eigenvalue weighted by Gasteiger charge is -2.36. The SMILES string of the molecule is CCc1ccc(C(=O)N2CCCC(C)(O)C2)cc1. The van der Waals surface area contributed by atoms with Crippen LogP contribution in [0.4, 0.5) is 0 Å². The molecule has 1 unspecified atom stereocenters. The number of hydrogen-bond donors (Lipinski definition) is 1. The number of β-amino-alcohol motifs (C(OH)–C–C–N with tert-alkyl or cyclic N) is 1. The second-order valence-corrected chi connectivity index (χ2v) is 5.38. The van der Waals surface area contributed by atoms with Crippen LogP contribution in [0.5, 0.6) is 0 Å². The maximum Gasteiger partial charge on any atom is 0.253 e. The molecule has 1 atom stereocenters. The van der Waals surface area contributed by atoms with Gasteiger partial charge in [0.25, 0.3) is 5.91 Å². The van der Waals surface area contributed by atoms with E-state index in [0.717, 1.165) is 25.8 Å². The third kappa shape index (κ3) is 2.91. The Bertz CT molecular complexity index is 423. The van der Waals surface area contributed by atoms with E-state index < -0.39 is 5.60 Å². The molecule has 1 aliphatic heterocycles. The van der Waals surface area contributed by atoms with E-state index in [-0.39, 0.29) is 5.91 Å². The Balaban J connectivity index is 2.10. The van der Waals surface area contributed by atoms with Gasteiger partial charge in [0.1, 0.15) is 0 Å². The Morgan fingerprint density at radius 1 is 1.39 bits per heavy atom. The summed E-state index contributed by atoms with van der Waals surface area (Å²) < 4.78 is 0. The summed E-state index contributed by atoms with van der Waals surface area (Å²) in [6, 6.07) is 7.75. The molecule has 2 rings (SSSR count). The highest BCUT2D eigenvalue weighted by Crippen LogP contribution is 2.21. The Hall–Kier alpha value is -1.35. The van der Waals surface area contributed by atoms with Crippen LogP contribution >= 0.6 is 0 Å². The van der Waals surface area contributed by atoms with E-state index in [2.05, 4.69) is 6.92 Å². The summed E-state index contributed by atoms with van der Waals surface area (Å²) >= 11 is 0. The number of amides is 1. The summed E-state index contributed by atoms with van der Waals surface area (Å²) in [5.41, 5.74) is 1.21. The normalized spacial score (nSPS) is 24.1. The first-order valence-corrected chi connectivity index (χ1v) is 6.62. The van der Waals surface area contributed by atoms with Gasteiger partial charge in [0.15, 0.2) is 0 Å². The van der Waals surface area contributed by atoms with E-state index in [0.29, 0.717) is 12.1 Å². The van der Waals surface area contributed by atoms with Gasteiger partial charge in [-0.25, -0.2) is 0 Å². The minimum absolute atomic E-state index is 0.0256. The fourth-order valence-electron chi connectivity index (χ4n) is 2.46. The largest absolute Gasteiger partial charge is 0.388 e. The van der Waals surface area contributed by atoms with Crippen molar-refractivity contribution < 1.29 is 9.90 Å². The van der Waals surface area contributed by atoms with Crippen LogP contribution in [0, 0.1) is 0 Å². The van der Waals surface area contributed by atoms with E-state index in [4.69, 9.17) is 0 Å². The number of aryl methyl sites for hydroxylation is 1. The molecule has 98 valence electrons. The highest BCUT2D eigenvalue weighted by molar-refractivity contribution is 5.94. The maximum absolute atomic E-state index is 12.3. The summed E-state index contributed by atoms with van der Waals surface area (Å²) in [4.78, 5) is 14.1. The van der Waals surface area contributed by atoms with Crippen LogP contribution in [0.25, 0.3) is 0 Å². The fraction of sp³-hybridized carbons (Fsp3) is 0.533. The number of hydrogen-bond acceptors (Lipinski definition) is 2. The van der Waals surface area contributed by atoms with Crippen molar-refractivity contribution in [3.05, 3.63) is 35.4 Å². The molecule has 0 aromatic heterocycles. The van der Waals surface area contributed by atoms with Gasteiger partial charge in [-0.1, -0.05) is 19.1 Å². The number of benzene rings is 1. The van der Waals surface area contributed by atoms with Gasteiger partial charge in [-0.15, -0.1) is 0 Å². The number of nitrogens with zero attached hydrogens (tertiary/aromatic N) is 1. The lowest BCUT2D eigenvalue weighted by Crippen LogP contribution is -2.48. The molecule has 0 saturated carbocycles. The Morgan fingerprint density at radius 3 is 2.61 bits per heavy atom. The number of likely N-dealkylation sites (tertiary alicyclic amines) is 1. The molecule has 1 amide bonds. The summed E-state index contributed by atoms with van der Waals surface area (Å²) in [5, 5.41) is 10.0. The second kappa shape index (κ2) is 5.11. The number of rotatable bonds is 2. The predicted octanol–water partition coefficient (Wildman–Crippen LogP) is 2.24. The Morgan fingerprint density at radius 2 is 2.06 bits per heavy atom. The molecule has 3 nitrogen and oxygen atoms in total. The summed E-state index contributed by atoms with van der Waals surface area (Å²) in [5.74, 6) is 0.0256. The Kier molecular flexibility index (Phi) is 3.71. The van der Waals surface area contributed by atoms with Crippen molar-refractivity contribution in [1.82, 2.24) is 4.90 Å². The third-order valence-corrected chi connectivity index (χ3v) is 3.57. The lowest BCUT2D eigenvalue weighted by atomic mass is 9.94. The zero-order valence-electron chi connectivity index (χ0n) is 11.1. The molecule has 0 aliphatic carbocycles. The first-order valence-electron chi connectivity index (χ1n) is 6.62. The zero-order valence-corrected chi connectivity index (χ0v) is 11.1. The molecule has 0 radical (unpaired) electrons. The smallest absolute Gasteiger partial charge is 0.253 e. The molecule has 0 spiro atoms. The van der Waals surface area contributed by atoms with Crippen molar-refractivity contribution in [2.75, 3.05) is 13.1 Å². The van der Waals surface area contributed by atoms with E-state index in [9.17, 15) is 9.90 Å².